The topological polar surface area (TPSA) is 29.5 Å². The first-order valence-corrected chi connectivity index (χ1v) is 3.29. The monoisotopic (exact) mass is 136 g/mol. The number of aliphatic hydroxyl groups excluding tert-OH is 1. The second-order valence-electron chi connectivity index (χ2n) is 2.38. The molecule has 0 radical (unpaired) electrons. The third-order valence-electron chi connectivity index (χ3n) is 1.63. The number of hydrogen-bond acceptors (Lipinski definition) is 2. The molecule has 0 spiro atoms. The highest BCUT2D eigenvalue weighted by molar-refractivity contribution is 5.36. The van der Waals surface area contributed by atoms with E-state index >= 15 is 0 Å². The summed E-state index contributed by atoms with van der Waals surface area (Å²) in [5.41, 5.74) is 1.09. The van der Waals surface area contributed by atoms with E-state index in [1.165, 1.54) is 0 Å². The van der Waals surface area contributed by atoms with Crippen LogP contribution in [0.25, 0.3) is 0 Å². The Hall–Kier alpha value is -1.02. The van der Waals surface area contributed by atoms with Gasteiger partial charge in [-0.3, -0.25) is 0 Å². The fourth-order valence-corrected chi connectivity index (χ4v) is 1.16. The van der Waals surface area contributed by atoms with Gasteiger partial charge in [0.25, 0.3) is 0 Å². The molecule has 10 heavy (non-hydrogen) atoms. The van der Waals surface area contributed by atoms with Crippen molar-refractivity contribution in [2.75, 3.05) is 0 Å². The molecule has 0 bridgehead atoms. The molecule has 1 heterocycles. The van der Waals surface area contributed by atoms with Gasteiger partial charge in [0, 0.05) is 12.0 Å². The molecule has 0 saturated heterocycles. The van der Waals surface area contributed by atoms with E-state index in [2.05, 4.69) is 0 Å². The Morgan fingerprint density at radius 1 is 1.40 bits per heavy atom. The molecule has 52 valence electrons. The van der Waals surface area contributed by atoms with Crippen molar-refractivity contribution >= 4 is 0 Å². The Bertz CT molecular complexity index is 220. The summed E-state index contributed by atoms with van der Waals surface area (Å²) in [6.07, 6.45) is -0.00620. The van der Waals surface area contributed by atoms with Gasteiger partial charge in [0.2, 0.25) is 6.29 Å². The average Bonchev–Trinajstić information content (AvgIpc) is 2.27. The van der Waals surface area contributed by atoms with Gasteiger partial charge in [-0.15, -0.1) is 0 Å². The third kappa shape index (κ3) is 0.772. The van der Waals surface area contributed by atoms with Crippen LogP contribution >= 0.6 is 0 Å². The number of rotatable bonds is 0. The van der Waals surface area contributed by atoms with Crippen LogP contribution < -0.4 is 4.74 Å². The summed E-state index contributed by atoms with van der Waals surface area (Å²) in [4.78, 5) is 0. The van der Waals surface area contributed by atoms with E-state index in [9.17, 15) is 0 Å². The zero-order valence-corrected chi connectivity index (χ0v) is 5.45. The van der Waals surface area contributed by atoms with E-state index in [1.807, 2.05) is 24.3 Å². The van der Waals surface area contributed by atoms with Gasteiger partial charge in [0.05, 0.1) is 0 Å². The molecule has 2 rings (SSSR count). The minimum atomic E-state index is -0.627. The number of ether oxygens (including phenoxy) is 1. The van der Waals surface area contributed by atoms with Crippen molar-refractivity contribution in [3.63, 3.8) is 0 Å². The Kier molecular flexibility index (Phi) is 1.14. The van der Waals surface area contributed by atoms with E-state index in [0.717, 1.165) is 11.3 Å². The van der Waals surface area contributed by atoms with Crippen LogP contribution in [0, 0.1) is 0 Å². The average molecular weight is 136 g/mol. The molecule has 0 unspecified atom stereocenters. The fourth-order valence-electron chi connectivity index (χ4n) is 1.16. The number of hydrogen-bond donors (Lipinski definition) is 1. The quantitative estimate of drug-likeness (QED) is 0.575. The lowest BCUT2D eigenvalue weighted by Crippen LogP contribution is -2.09. The maximum Gasteiger partial charge on any atom is 0.201 e. The van der Waals surface area contributed by atoms with E-state index < -0.39 is 6.29 Å². The first-order valence-electron chi connectivity index (χ1n) is 3.29. The number of aliphatic hydroxyl groups is 1. The van der Waals surface area contributed by atoms with Crippen molar-refractivity contribution in [1.82, 2.24) is 0 Å². The molecule has 1 aromatic carbocycles. The van der Waals surface area contributed by atoms with Crippen LogP contribution in [0.4, 0.5) is 0 Å². The second-order valence-corrected chi connectivity index (χ2v) is 2.38. The van der Waals surface area contributed by atoms with Gasteiger partial charge in [-0.1, -0.05) is 18.2 Å². The van der Waals surface area contributed by atoms with Crippen LogP contribution in [-0.4, -0.2) is 11.4 Å². The van der Waals surface area contributed by atoms with Crippen molar-refractivity contribution < 1.29 is 9.84 Å². The molecule has 1 N–H and O–H groups in total. The van der Waals surface area contributed by atoms with E-state index in [4.69, 9.17) is 9.84 Å². The molecule has 1 aliphatic rings. The highest BCUT2D eigenvalue weighted by atomic mass is 16.6. The molecule has 2 heteroatoms. The Morgan fingerprint density at radius 3 is 3.00 bits per heavy atom. The van der Waals surface area contributed by atoms with Crippen LogP contribution in [0.1, 0.15) is 5.56 Å². The molecule has 0 aliphatic carbocycles. The predicted octanol–water partition coefficient (Wildman–Crippen LogP) is 0.940. The molecular formula is C8H8O2. The van der Waals surface area contributed by atoms with Crippen molar-refractivity contribution in [1.29, 1.82) is 0 Å². The van der Waals surface area contributed by atoms with Gasteiger partial charge in [-0.05, 0) is 6.07 Å². The highest BCUT2D eigenvalue weighted by Gasteiger charge is 2.18. The third-order valence-corrected chi connectivity index (χ3v) is 1.63. The smallest absolute Gasteiger partial charge is 0.201 e. The van der Waals surface area contributed by atoms with Crippen molar-refractivity contribution in [3.05, 3.63) is 29.8 Å². The lowest BCUT2D eigenvalue weighted by Gasteiger charge is -1.99. The largest absolute Gasteiger partial charge is 0.465 e. The van der Waals surface area contributed by atoms with Crippen molar-refractivity contribution in [3.8, 4) is 5.75 Å². The van der Waals surface area contributed by atoms with E-state index in [-0.39, 0.29) is 0 Å². The van der Waals surface area contributed by atoms with Gasteiger partial charge in [0.1, 0.15) is 5.75 Å². The minimum Gasteiger partial charge on any atom is -0.465 e. The normalized spacial score (nSPS) is 21.9. The Morgan fingerprint density at radius 2 is 2.20 bits per heavy atom. The van der Waals surface area contributed by atoms with Crippen LogP contribution in [0.2, 0.25) is 0 Å². The van der Waals surface area contributed by atoms with E-state index in [0.29, 0.717) is 6.42 Å². The number of benzene rings is 1. The second kappa shape index (κ2) is 1.99. The lowest BCUT2D eigenvalue weighted by molar-refractivity contribution is 0.00215. The van der Waals surface area contributed by atoms with Crippen LogP contribution in [0.15, 0.2) is 24.3 Å². The standard InChI is InChI=1S/C8H8O2/c9-8-5-6-3-1-2-4-7(6)10-8/h1-4,8-9H,5H2/t8-/m1/s1. The molecule has 2 nitrogen and oxygen atoms in total. The first-order chi connectivity index (χ1) is 4.86. The first kappa shape index (κ1) is 5.74. The van der Waals surface area contributed by atoms with Crippen LogP contribution in [0.3, 0.4) is 0 Å². The summed E-state index contributed by atoms with van der Waals surface area (Å²) in [5, 5.41) is 9.03. The van der Waals surface area contributed by atoms with Gasteiger partial charge in [-0.25, -0.2) is 0 Å². The van der Waals surface area contributed by atoms with Gasteiger partial charge in [-0.2, -0.15) is 0 Å². The van der Waals surface area contributed by atoms with Gasteiger partial charge in [0.15, 0.2) is 0 Å². The zero-order chi connectivity index (χ0) is 6.97. The maximum absolute atomic E-state index is 9.03. The summed E-state index contributed by atoms with van der Waals surface area (Å²) >= 11 is 0. The summed E-state index contributed by atoms with van der Waals surface area (Å²) < 4.78 is 5.06. The zero-order valence-electron chi connectivity index (χ0n) is 5.45. The van der Waals surface area contributed by atoms with Crippen molar-refractivity contribution in [2.45, 2.75) is 12.7 Å². The summed E-state index contributed by atoms with van der Waals surface area (Å²) in [6, 6.07) is 7.67. The lowest BCUT2D eigenvalue weighted by atomic mass is 10.2. The van der Waals surface area contributed by atoms with Gasteiger partial charge >= 0.3 is 0 Å². The Labute approximate surface area is 59.1 Å². The Balaban J connectivity index is 2.42. The molecule has 1 aromatic rings. The summed E-state index contributed by atoms with van der Waals surface area (Å²) in [5.74, 6) is 0.815. The highest BCUT2D eigenvalue weighted by Crippen LogP contribution is 2.26. The predicted molar refractivity (Wildman–Crippen MR) is 36.8 cm³/mol. The van der Waals surface area contributed by atoms with E-state index in [1.54, 1.807) is 0 Å². The summed E-state index contributed by atoms with van der Waals surface area (Å²) in [6.45, 7) is 0. The number of fused-ring (bicyclic) bond motifs is 1. The molecule has 1 aliphatic heterocycles. The number of para-hydroxylation sites is 1. The molecule has 1 atom stereocenters. The van der Waals surface area contributed by atoms with Crippen LogP contribution in [0.5, 0.6) is 5.75 Å². The molecule has 0 saturated carbocycles. The van der Waals surface area contributed by atoms with Crippen molar-refractivity contribution in [2.24, 2.45) is 0 Å². The molecular weight excluding hydrogens is 128 g/mol. The fraction of sp³-hybridized carbons (Fsp3) is 0.250. The minimum absolute atomic E-state index is 0.621. The molecule has 0 fully saturated rings. The SMILES string of the molecule is O[C@H]1Cc2ccccc2O1. The maximum atomic E-state index is 9.03. The molecule has 0 amide bonds. The van der Waals surface area contributed by atoms with Crippen LogP contribution in [-0.2, 0) is 6.42 Å². The summed E-state index contributed by atoms with van der Waals surface area (Å²) in [7, 11) is 0. The molecule has 0 aromatic heterocycles. The van der Waals surface area contributed by atoms with Gasteiger partial charge < -0.3 is 9.84 Å².